The lowest BCUT2D eigenvalue weighted by atomic mass is 10.2. The molecule has 26 heavy (non-hydrogen) atoms. The predicted octanol–water partition coefficient (Wildman–Crippen LogP) is 3.32. The van der Waals surface area contributed by atoms with Crippen molar-refractivity contribution in [1.82, 2.24) is 9.55 Å². The highest BCUT2D eigenvalue weighted by atomic mass is 35.5. The number of halogens is 1. The minimum atomic E-state index is -1.07. The van der Waals surface area contributed by atoms with E-state index in [1.807, 2.05) is 35.7 Å². The molecule has 0 amide bonds. The van der Waals surface area contributed by atoms with Crippen molar-refractivity contribution in [2.75, 3.05) is 0 Å². The second-order valence-electron chi connectivity index (χ2n) is 5.70. The average Bonchev–Trinajstić information content (AvgIpc) is 3.08. The second-order valence-corrected chi connectivity index (χ2v) is 7.96. The van der Waals surface area contributed by atoms with Gasteiger partial charge in [0.2, 0.25) is 0 Å². The van der Waals surface area contributed by atoms with Gasteiger partial charge in [0.05, 0.1) is 5.52 Å². The number of rotatable bonds is 8. The van der Waals surface area contributed by atoms with Gasteiger partial charge in [-0.15, -0.1) is 11.3 Å². The van der Waals surface area contributed by atoms with E-state index >= 15 is 0 Å². The van der Waals surface area contributed by atoms with E-state index in [1.165, 1.54) is 23.1 Å². The summed E-state index contributed by atoms with van der Waals surface area (Å²) in [4.78, 5) is 28.0. The third-order valence-corrected chi connectivity index (χ3v) is 6.14. The fourth-order valence-electron chi connectivity index (χ4n) is 2.53. The molecule has 0 saturated heterocycles. The highest BCUT2D eigenvalue weighted by molar-refractivity contribution is 7.98. The van der Waals surface area contributed by atoms with Gasteiger partial charge in [0.25, 0.3) is 5.56 Å². The molecule has 0 aliphatic heterocycles. The number of benzene rings is 1. The summed E-state index contributed by atoms with van der Waals surface area (Å²) >= 11 is 9.03. The highest BCUT2D eigenvalue weighted by Gasteiger charge is 2.13. The van der Waals surface area contributed by atoms with E-state index in [-0.39, 0.29) is 12.0 Å². The van der Waals surface area contributed by atoms with Gasteiger partial charge in [-0.25, -0.2) is 4.98 Å². The Hall–Kier alpha value is -1.83. The maximum absolute atomic E-state index is 12.8. The van der Waals surface area contributed by atoms with Crippen LogP contribution in [0.5, 0.6) is 0 Å². The fourth-order valence-corrected chi connectivity index (χ4v) is 4.62. The van der Waals surface area contributed by atoms with Crippen LogP contribution in [-0.4, -0.2) is 15.5 Å². The Bertz CT molecular complexity index is 984. The van der Waals surface area contributed by atoms with E-state index in [2.05, 4.69) is 4.98 Å². The zero-order valence-electron chi connectivity index (χ0n) is 13.8. The summed E-state index contributed by atoms with van der Waals surface area (Å²) in [7, 11) is 0. The number of hydrogen-bond donors (Lipinski definition) is 0. The number of aliphatic carboxylic acids is 1. The minimum absolute atomic E-state index is 0.00841. The lowest BCUT2D eigenvalue weighted by Crippen LogP contribution is -2.24. The average molecular weight is 408 g/mol. The van der Waals surface area contributed by atoms with Gasteiger partial charge in [-0.1, -0.05) is 41.6 Å². The molecule has 0 fully saturated rings. The Labute approximate surface area is 163 Å². The molecule has 3 rings (SSSR count). The van der Waals surface area contributed by atoms with Gasteiger partial charge in [0.1, 0.15) is 4.70 Å². The standard InChI is InChI=1S/C18H17ClN2O3S2/c19-13-6-2-1-5-12(13)11-26-18-20-14-8-10-25-16(14)17(24)21(18)9-4-3-7-15(22)23/h1-2,5-6,8,10H,3-4,7,9,11H2,(H,22,23)/p-1. The molecule has 0 aliphatic carbocycles. The lowest BCUT2D eigenvalue weighted by Gasteiger charge is -2.12. The Morgan fingerprint density at radius 1 is 1.27 bits per heavy atom. The zero-order valence-corrected chi connectivity index (χ0v) is 16.2. The largest absolute Gasteiger partial charge is 0.550 e. The van der Waals surface area contributed by atoms with Gasteiger partial charge < -0.3 is 9.90 Å². The molecule has 0 bridgehead atoms. The summed E-state index contributed by atoms with van der Waals surface area (Å²) in [6.07, 6.45) is 1.03. The van der Waals surface area contributed by atoms with Gasteiger partial charge in [-0.05, 0) is 42.3 Å². The van der Waals surface area contributed by atoms with Crippen molar-refractivity contribution in [1.29, 1.82) is 0 Å². The van der Waals surface area contributed by atoms with Gasteiger partial charge in [-0.2, -0.15) is 0 Å². The number of unbranched alkanes of at least 4 members (excludes halogenated alkanes) is 1. The second kappa shape index (κ2) is 8.70. The molecule has 0 aliphatic rings. The number of aromatic nitrogens is 2. The molecule has 2 heterocycles. The van der Waals surface area contributed by atoms with E-state index in [4.69, 9.17) is 11.6 Å². The molecule has 8 heteroatoms. The third-order valence-electron chi connectivity index (χ3n) is 3.86. The lowest BCUT2D eigenvalue weighted by molar-refractivity contribution is -0.305. The number of nitrogens with zero attached hydrogens (tertiary/aromatic N) is 2. The van der Waals surface area contributed by atoms with Crippen LogP contribution in [0.4, 0.5) is 0 Å². The summed E-state index contributed by atoms with van der Waals surface area (Å²) in [5.41, 5.74) is 1.58. The van der Waals surface area contributed by atoms with Crippen LogP contribution in [0.1, 0.15) is 24.8 Å². The van der Waals surface area contributed by atoms with Crippen LogP contribution in [0.25, 0.3) is 10.2 Å². The summed E-state index contributed by atoms with van der Waals surface area (Å²) in [6, 6.07) is 9.41. The molecule has 0 N–H and O–H groups in total. The molecule has 136 valence electrons. The van der Waals surface area contributed by atoms with Crippen LogP contribution >= 0.6 is 34.7 Å². The number of thiophene rings is 1. The van der Waals surface area contributed by atoms with Gasteiger partial charge in [0, 0.05) is 23.3 Å². The number of carboxylic acids is 1. The Balaban J connectivity index is 1.84. The smallest absolute Gasteiger partial charge is 0.272 e. The Morgan fingerprint density at radius 2 is 2.08 bits per heavy atom. The van der Waals surface area contributed by atoms with Crippen LogP contribution in [0.3, 0.4) is 0 Å². The summed E-state index contributed by atoms with van der Waals surface area (Å²) < 4.78 is 2.25. The van der Waals surface area contributed by atoms with Crippen molar-refractivity contribution in [3.8, 4) is 0 Å². The van der Waals surface area contributed by atoms with Crippen LogP contribution in [-0.2, 0) is 17.1 Å². The molecule has 0 atom stereocenters. The third kappa shape index (κ3) is 4.47. The van der Waals surface area contributed by atoms with Crippen molar-refractivity contribution < 1.29 is 9.90 Å². The first-order valence-corrected chi connectivity index (χ1v) is 10.3. The molecule has 0 radical (unpaired) electrons. The van der Waals surface area contributed by atoms with Crippen LogP contribution in [0.2, 0.25) is 5.02 Å². The van der Waals surface area contributed by atoms with Crippen LogP contribution in [0, 0.1) is 0 Å². The molecule has 2 aromatic heterocycles. The van der Waals surface area contributed by atoms with E-state index in [9.17, 15) is 14.7 Å². The Kier molecular flexibility index (Phi) is 6.34. The van der Waals surface area contributed by atoms with Crippen molar-refractivity contribution in [2.24, 2.45) is 0 Å². The first kappa shape index (κ1) is 18.9. The molecule has 1 aromatic carbocycles. The summed E-state index contributed by atoms with van der Waals surface area (Å²) in [5, 5.41) is 13.7. The maximum atomic E-state index is 12.8. The number of carbonyl (C=O) groups is 1. The Morgan fingerprint density at radius 3 is 2.85 bits per heavy atom. The van der Waals surface area contributed by atoms with Crippen molar-refractivity contribution in [3.63, 3.8) is 0 Å². The van der Waals surface area contributed by atoms with E-state index in [0.29, 0.717) is 45.5 Å². The molecular weight excluding hydrogens is 392 g/mol. The number of carboxylic acid groups (broad SMARTS) is 1. The van der Waals surface area contributed by atoms with E-state index in [1.54, 1.807) is 4.57 Å². The monoisotopic (exact) mass is 407 g/mol. The van der Waals surface area contributed by atoms with E-state index < -0.39 is 5.97 Å². The molecule has 5 nitrogen and oxygen atoms in total. The number of hydrogen-bond acceptors (Lipinski definition) is 6. The molecular formula is C18H16ClN2O3S2-. The van der Waals surface area contributed by atoms with Crippen molar-refractivity contribution in [3.05, 3.63) is 56.7 Å². The van der Waals surface area contributed by atoms with Gasteiger partial charge in [-0.3, -0.25) is 9.36 Å². The fraction of sp³-hybridized carbons (Fsp3) is 0.278. The molecule has 0 unspecified atom stereocenters. The maximum Gasteiger partial charge on any atom is 0.272 e. The summed E-state index contributed by atoms with van der Waals surface area (Å²) in [5.74, 6) is -0.474. The first-order valence-electron chi connectivity index (χ1n) is 8.10. The first-order chi connectivity index (χ1) is 12.6. The van der Waals surface area contributed by atoms with Crippen molar-refractivity contribution >= 4 is 50.9 Å². The number of fused-ring (bicyclic) bond motifs is 1. The van der Waals surface area contributed by atoms with Gasteiger partial charge in [0.15, 0.2) is 5.16 Å². The highest BCUT2D eigenvalue weighted by Crippen LogP contribution is 2.27. The van der Waals surface area contributed by atoms with Crippen LogP contribution < -0.4 is 10.7 Å². The minimum Gasteiger partial charge on any atom is -0.550 e. The zero-order chi connectivity index (χ0) is 18.5. The SMILES string of the molecule is O=C([O-])CCCCn1c(SCc2ccccc2Cl)nc2ccsc2c1=O. The quantitative estimate of drug-likeness (QED) is 0.325. The molecule has 0 saturated carbocycles. The normalized spacial score (nSPS) is 11.1. The number of thioether (sulfide) groups is 1. The van der Waals surface area contributed by atoms with Gasteiger partial charge >= 0.3 is 0 Å². The predicted molar refractivity (Wildman–Crippen MR) is 104 cm³/mol. The topological polar surface area (TPSA) is 75.0 Å². The van der Waals surface area contributed by atoms with Crippen molar-refractivity contribution in [2.45, 2.75) is 36.7 Å². The van der Waals surface area contributed by atoms with Crippen LogP contribution in [0.15, 0.2) is 45.7 Å². The molecule has 0 spiro atoms. The molecule has 3 aromatic rings. The van der Waals surface area contributed by atoms with E-state index in [0.717, 1.165) is 5.56 Å². The number of carbonyl (C=O) groups excluding carboxylic acids is 1. The summed E-state index contributed by atoms with van der Waals surface area (Å²) in [6.45, 7) is 0.428.